The number of aromatic nitrogens is 5. The standard InChI is InChI=1S/C41H45ClFN5O5/c1-8-47-39-31(32(14-16-36(50)52-6)40(47)41(51)53-7)13-15-33(42)37(39)38-24(3)25(4)44-48(38)18-17-23(2)34-22-29(46(5)45-34)11-9-26-19-27-21-28(43)10-12-30(27)35(49)20-26/h10,12-13,15,19-23,49H,8-9,11,14,16-18H2,1-7H3. The fourth-order valence-electron chi connectivity index (χ4n) is 7.36. The van der Waals surface area contributed by atoms with Crippen LogP contribution in [0.5, 0.6) is 5.75 Å². The molecule has 1 unspecified atom stereocenters. The number of rotatable bonds is 13. The molecule has 0 aliphatic rings. The van der Waals surface area contributed by atoms with Crippen LogP contribution in [-0.2, 0) is 53.7 Å². The SMILES string of the molecule is CCn1c(C(=O)OC)c(CCC(=O)OC)c2ccc(Cl)c(-c3c(C)c(C)nn3CCC(C)c3cc(CCc4cc(O)c5ccc(F)cc5c4)n(C)n3)c21. The zero-order valence-electron chi connectivity index (χ0n) is 31.2. The van der Waals surface area contributed by atoms with Gasteiger partial charge < -0.3 is 19.1 Å². The lowest BCUT2D eigenvalue weighted by molar-refractivity contribution is -0.140. The Balaban J connectivity index is 1.29. The van der Waals surface area contributed by atoms with Gasteiger partial charge in [0.15, 0.2) is 0 Å². The monoisotopic (exact) mass is 741 g/mol. The summed E-state index contributed by atoms with van der Waals surface area (Å²) in [6.07, 6.45) is 2.52. The van der Waals surface area contributed by atoms with Gasteiger partial charge in [0.25, 0.3) is 0 Å². The third-order valence-corrected chi connectivity index (χ3v) is 10.7. The summed E-state index contributed by atoms with van der Waals surface area (Å²) < 4.78 is 29.8. The zero-order chi connectivity index (χ0) is 38.1. The van der Waals surface area contributed by atoms with Gasteiger partial charge in [0, 0.05) is 54.5 Å². The van der Waals surface area contributed by atoms with Gasteiger partial charge in [-0.15, -0.1) is 0 Å². The maximum Gasteiger partial charge on any atom is 0.354 e. The van der Waals surface area contributed by atoms with Gasteiger partial charge in [-0.1, -0.05) is 30.7 Å². The summed E-state index contributed by atoms with van der Waals surface area (Å²) in [6.45, 7) is 9.18. The molecule has 278 valence electrons. The van der Waals surface area contributed by atoms with Gasteiger partial charge in [0.1, 0.15) is 17.3 Å². The molecule has 10 nitrogen and oxygen atoms in total. The molecule has 0 aliphatic heterocycles. The molecular weight excluding hydrogens is 697 g/mol. The largest absolute Gasteiger partial charge is 0.507 e. The highest BCUT2D eigenvalue weighted by atomic mass is 35.5. The number of fused-ring (bicyclic) bond motifs is 2. The van der Waals surface area contributed by atoms with Gasteiger partial charge in [0.2, 0.25) is 0 Å². The number of carbonyl (C=O) groups is 2. The number of nitrogens with zero attached hydrogens (tertiary/aromatic N) is 5. The number of phenols is 1. The van der Waals surface area contributed by atoms with Gasteiger partial charge in [-0.2, -0.15) is 10.2 Å². The minimum atomic E-state index is -0.485. The molecule has 0 bridgehead atoms. The van der Waals surface area contributed by atoms with Gasteiger partial charge in [-0.05, 0) is 105 Å². The van der Waals surface area contributed by atoms with Crippen LogP contribution >= 0.6 is 11.6 Å². The molecule has 3 aromatic heterocycles. The van der Waals surface area contributed by atoms with Crippen LogP contribution in [0.25, 0.3) is 32.9 Å². The molecule has 0 aliphatic carbocycles. The number of carbonyl (C=O) groups excluding carboxylic acids is 2. The van der Waals surface area contributed by atoms with E-state index in [0.717, 1.165) is 56.8 Å². The molecule has 0 spiro atoms. The average molecular weight is 742 g/mol. The molecule has 0 saturated heterocycles. The van der Waals surface area contributed by atoms with Crippen molar-refractivity contribution >= 4 is 45.2 Å². The molecule has 0 fully saturated rings. The third kappa shape index (κ3) is 7.27. The van der Waals surface area contributed by atoms with Crippen LogP contribution < -0.4 is 0 Å². The Morgan fingerprint density at radius 2 is 1.74 bits per heavy atom. The quantitative estimate of drug-likeness (QED) is 0.118. The molecule has 6 aromatic rings. The summed E-state index contributed by atoms with van der Waals surface area (Å²) in [7, 11) is 4.64. The Hall–Kier alpha value is -5.16. The lowest BCUT2D eigenvalue weighted by Gasteiger charge is -2.16. The van der Waals surface area contributed by atoms with Crippen molar-refractivity contribution in [1.82, 2.24) is 24.1 Å². The van der Waals surface area contributed by atoms with E-state index >= 15 is 0 Å². The number of halogens is 2. The molecule has 1 atom stereocenters. The highest BCUT2D eigenvalue weighted by molar-refractivity contribution is 6.35. The Bertz CT molecular complexity index is 2360. The lowest BCUT2D eigenvalue weighted by atomic mass is 9.99. The van der Waals surface area contributed by atoms with Crippen molar-refractivity contribution in [1.29, 1.82) is 0 Å². The predicted molar refractivity (Wildman–Crippen MR) is 204 cm³/mol. The van der Waals surface area contributed by atoms with E-state index in [9.17, 15) is 19.1 Å². The summed E-state index contributed by atoms with van der Waals surface area (Å²) in [5, 5.41) is 23.0. The van der Waals surface area contributed by atoms with Gasteiger partial charge in [0.05, 0.1) is 41.8 Å². The fourth-order valence-corrected chi connectivity index (χ4v) is 7.60. The Morgan fingerprint density at radius 3 is 2.45 bits per heavy atom. The Kier molecular flexibility index (Phi) is 11.0. The van der Waals surface area contributed by atoms with E-state index < -0.39 is 5.97 Å². The number of phenolic OH excluding ortho intramolecular Hbond substituents is 1. The molecule has 3 aromatic carbocycles. The van der Waals surface area contributed by atoms with Crippen molar-refractivity contribution < 1.29 is 28.6 Å². The molecule has 0 saturated carbocycles. The molecule has 0 radical (unpaired) electrons. The first kappa shape index (κ1) is 37.6. The number of esters is 2. The van der Waals surface area contributed by atoms with Crippen molar-refractivity contribution in [2.75, 3.05) is 14.2 Å². The summed E-state index contributed by atoms with van der Waals surface area (Å²) in [4.78, 5) is 25.4. The third-order valence-electron chi connectivity index (χ3n) is 10.3. The van der Waals surface area contributed by atoms with Crippen LogP contribution in [0, 0.1) is 19.7 Å². The minimum absolute atomic E-state index is 0.0990. The summed E-state index contributed by atoms with van der Waals surface area (Å²) in [5.74, 6) is -0.947. The first-order chi connectivity index (χ1) is 25.4. The maximum atomic E-state index is 13.9. The van der Waals surface area contributed by atoms with Crippen molar-refractivity contribution in [3.8, 4) is 17.0 Å². The van der Waals surface area contributed by atoms with Crippen LogP contribution in [0.4, 0.5) is 4.39 Å². The van der Waals surface area contributed by atoms with Gasteiger partial charge in [-0.3, -0.25) is 14.2 Å². The molecule has 0 amide bonds. The smallest absolute Gasteiger partial charge is 0.354 e. The number of benzene rings is 3. The topological polar surface area (TPSA) is 113 Å². The van der Waals surface area contributed by atoms with Crippen LogP contribution in [0.3, 0.4) is 0 Å². The summed E-state index contributed by atoms with van der Waals surface area (Å²) in [5.41, 5.74) is 8.33. The highest BCUT2D eigenvalue weighted by Gasteiger charge is 2.29. The first-order valence-electron chi connectivity index (χ1n) is 17.8. The highest BCUT2D eigenvalue weighted by Crippen LogP contribution is 2.42. The summed E-state index contributed by atoms with van der Waals surface area (Å²) >= 11 is 7.05. The van der Waals surface area contributed by atoms with Crippen molar-refractivity contribution in [3.63, 3.8) is 0 Å². The molecule has 6 rings (SSSR count). The van der Waals surface area contributed by atoms with E-state index in [2.05, 4.69) is 13.0 Å². The number of hydrogen-bond donors (Lipinski definition) is 1. The molecular formula is C41H45ClFN5O5. The number of methoxy groups -OCH3 is 2. The van der Waals surface area contributed by atoms with Crippen LogP contribution in [-0.4, -0.2) is 55.4 Å². The average Bonchev–Trinajstić information content (AvgIpc) is 3.77. The summed E-state index contributed by atoms with van der Waals surface area (Å²) in [6, 6.07) is 13.9. The van der Waals surface area contributed by atoms with E-state index in [1.54, 1.807) is 12.1 Å². The van der Waals surface area contributed by atoms with Gasteiger partial charge in [-0.25, -0.2) is 9.18 Å². The van der Waals surface area contributed by atoms with Crippen LogP contribution in [0.1, 0.15) is 76.9 Å². The normalized spacial score (nSPS) is 12.2. The second-order valence-corrected chi connectivity index (χ2v) is 14.0. The van der Waals surface area contributed by atoms with E-state index in [0.29, 0.717) is 59.4 Å². The second-order valence-electron chi connectivity index (χ2n) is 13.6. The lowest BCUT2D eigenvalue weighted by Crippen LogP contribution is -2.13. The zero-order valence-corrected chi connectivity index (χ0v) is 32.0. The number of aromatic hydroxyl groups is 1. The van der Waals surface area contributed by atoms with Crippen LogP contribution in [0.15, 0.2) is 48.5 Å². The molecule has 3 heterocycles. The Morgan fingerprint density at radius 1 is 0.981 bits per heavy atom. The van der Waals surface area contributed by atoms with E-state index in [4.69, 9.17) is 31.3 Å². The first-order valence-corrected chi connectivity index (χ1v) is 18.2. The fraction of sp³-hybridized carbons (Fsp3) is 0.366. The van der Waals surface area contributed by atoms with Crippen molar-refractivity contribution in [2.24, 2.45) is 7.05 Å². The number of ether oxygens (including phenoxy) is 2. The predicted octanol–water partition coefficient (Wildman–Crippen LogP) is 8.40. The molecule has 53 heavy (non-hydrogen) atoms. The van der Waals surface area contributed by atoms with Crippen LogP contribution in [0.2, 0.25) is 5.02 Å². The minimum Gasteiger partial charge on any atom is -0.507 e. The van der Waals surface area contributed by atoms with E-state index in [1.165, 1.54) is 26.4 Å². The number of aryl methyl sites for hydroxylation is 7. The second kappa shape index (κ2) is 15.4. The number of hydrogen-bond acceptors (Lipinski definition) is 7. The van der Waals surface area contributed by atoms with E-state index in [-0.39, 0.29) is 29.9 Å². The molecule has 12 heteroatoms. The van der Waals surface area contributed by atoms with Crippen molar-refractivity contribution in [3.05, 3.63) is 98.8 Å². The molecule has 1 N–H and O–H groups in total. The van der Waals surface area contributed by atoms with E-state index in [1.807, 2.05) is 59.9 Å². The Labute approximate surface area is 313 Å². The maximum absolute atomic E-state index is 13.9. The van der Waals surface area contributed by atoms with Gasteiger partial charge >= 0.3 is 11.9 Å². The van der Waals surface area contributed by atoms with Crippen molar-refractivity contribution in [2.45, 2.75) is 78.8 Å².